The summed E-state index contributed by atoms with van der Waals surface area (Å²) in [5.41, 5.74) is 2.37. The Bertz CT molecular complexity index is 1170. The number of hydrogen-bond donors (Lipinski definition) is 2. The highest BCUT2D eigenvalue weighted by molar-refractivity contribution is 7.18. The highest BCUT2D eigenvalue weighted by Gasteiger charge is 2.14. The van der Waals surface area contributed by atoms with Crippen molar-refractivity contribution < 1.29 is 9.53 Å². The Morgan fingerprint density at radius 3 is 2.97 bits per heavy atom. The predicted octanol–water partition coefficient (Wildman–Crippen LogP) is 3.13. The maximum atomic E-state index is 11.8. The summed E-state index contributed by atoms with van der Waals surface area (Å²) in [5.74, 6) is 1.41. The highest BCUT2D eigenvalue weighted by Crippen LogP contribution is 2.34. The number of carbonyl (C=O) groups is 1. The molecule has 0 fully saturated rings. The molecule has 0 bridgehead atoms. The molecule has 1 aromatic carbocycles. The third kappa shape index (κ3) is 3.97. The minimum atomic E-state index is 0.120. The molecule has 2 N–H and O–H groups in total. The molecule has 4 aromatic rings. The summed E-state index contributed by atoms with van der Waals surface area (Å²) >= 11 is 1.52. The lowest BCUT2D eigenvalue weighted by Gasteiger charge is -2.11. The van der Waals surface area contributed by atoms with Crippen LogP contribution in [-0.2, 0) is 11.2 Å². The number of hydrogen-bond acceptors (Lipinski definition) is 8. The zero-order valence-electron chi connectivity index (χ0n) is 16.4. The van der Waals surface area contributed by atoms with Crippen LogP contribution >= 0.6 is 11.3 Å². The summed E-state index contributed by atoms with van der Waals surface area (Å²) in [7, 11) is 5.15. The van der Waals surface area contributed by atoms with E-state index in [4.69, 9.17) is 9.72 Å². The Balaban J connectivity index is 1.58. The molecule has 29 heavy (non-hydrogen) atoms. The summed E-state index contributed by atoms with van der Waals surface area (Å²) in [6.45, 7) is 0. The number of nitrogens with zero attached hydrogens (tertiary/aromatic N) is 5. The standard InChI is InChI=1S/C19H21N7O2S/c1-26(2)16(27)6-4-5-15-24-17-18(20-10-21-19(17)29-15)23-13-7-11-9-22-25-12(11)8-14(13)28-3/h7-10H,4-6H2,1-3H3,(H,22,25)(H,20,21,23). The number of aromatic amines is 1. The van der Waals surface area contributed by atoms with Crippen molar-refractivity contribution in [2.24, 2.45) is 0 Å². The van der Waals surface area contributed by atoms with Crippen molar-refractivity contribution in [2.75, 3.05) is 26.5 Å². The van der Waals surface area contributed by atoms with Gasteiger partial charge in [0.15, 0.2) is 5.82 Å². The van der Waals surface area contributed by atoms with Crippen LogP contribution in [0.1, 0.15) is 17.8 Å². The number of methoxy groups -OCH3 is 1. The van der Waals surface area contributed by atoms with Crippen molar-refractivity contribution in [3.05, 3.63) is 29.7 Å². The molecule has 9 nitrogen and oxygen atoms in total. The van der Waals surface area contributed by atoms with Crippen LogP contribution in [0.5, 0.6) is 5.75 Å². The molecule has 0 aliphatic carbocycles. The largest absolute Gasteiger partial charge is 0.494 e. The number of carbonyl (C=O) groups excluding carboxylic acids is 1. The van der Waals surface area contributed by atoms with Gasteiger partial charge in [-0.05, 0) is 18.9 Å². The third-order valence-corrected chi connectivity index (χ3v) is 5.56. The van der Waals surface area contributed by atoms with Crippen molar-refractivity contribution in [3.8, 4) is 5.75 Å². The van der Waals surface area contributed by atoms with Gasteiger partial charge in [-0.15, -0.1) is 0 Å². The lowest BCUT2D eigenvalue weighted by Crippen LogP contribution is -2.21. The van der Waals surface area contributed by atoms with E-state index in [0.29, 0.717) is 23.5 Å². The average Bonchev–Trinajstić information content (AvgIpc) is 3.33. The van der Waals surface area contributed by atoms with E-state index in [1.54, 1.807) is 32.3 Å². The fourth-order valence-electron chi connectivity index (χ4n) is 2.98. The summed E-state index contributed by atoms with van der Waals surface area (Å²) in [6.07, 6.45) is 5.25. The zero-order chi connectivity index (χ0) is 20.4. The van der Waals surface area contributed by atoms with Gasteiger partial charge in [0, 0.05) is 32.0 Å². The first-order valence-electron chi connectivity index (χ1n) is 9.14. The molecule has 0 saturated heterocycles. The molecule has 1 amide bonds. The van der Waals surface area contributed by atoms with E-state index in [1.165, 1.54) is 17.7 Å². The van der Waals surface area contributed by atoms with Gasteiger partial charge in [0.1, 0.15) is 22.4 Å². The van der Waals surface area contributed by atoms with Crippen molar-refractivity contribution in [1.29, 1.82) is 0 Å². The Kier molecular flexibility index (Phi) is 5.26. The second-order valence-electron chi connectivity index (χ2n) is 6.76. The molecule has 0 saturated carbocycles. The molecular weight excluding hydrogens is 390 g/mol. The van der Waals surface area contributed by atoms with Crippen molar-refractivity contribution in [1.82, 2.24) is 30.0 Å². The number of benzene rings is 1. The summed E-state index contributed by atoms with van der Waals surface area (Å²) in [6, 6.07) is 3.84. The number of rotatable bonds is 7. The Morgan fingerprint density at radius 1 is 1.31 bits per heavy atom. The molecule has 0 spiro atoms. The number of nitrogens with one attached hydrogen (secondary N) is 2. The first kappa shape index (κ1) is 19.1. The van der Waals surface area contributed by atoms with Crippen LogP contribution in [0.25, 0.3) is 21.3 Å². The molecule has 0 aliphatic rings. The van der Waals surface area contributed by atoms with E-state index in [0.717, 1.165) is 39.3 Å². The average molecular weight is 411 g/mol. The van der Waals surface area contributed by atoms with Crippen molar-refractivity contribution in [3.63, 3.8) is 0 Å². The maximum absolute atomic E-state index is 11.8. The quantitative estimate of drug-likeness (QED) is 0.481. The maximum Gasteiger partial charge on any atom is 0.222 e. The van der Waals surface area contributed by atoms with Gasteiger partial charge in [0.2, 0.25) is 5.91 Å². The van der Waals surface area contributed by atoms with Gasteiger partial charge in [0.25, 0.3) is 0 Å². The number of amides is 1. The normalized spacial score (nSPS) is 11.1. The van der Waals surface area contributed by atoms with E-state index in [1.807, 2.05) is 12.1 Å². The third-order valence-electron chi connectivity index (χ3n) is 4.53. The Labute approximate surface area is 171 Å². The van der Waals surface area contributed by atoms with Gasteiger partial charge in [-0.2, -0.15) is 5.10 Å². The number of H-pyrrole nitrogens is 1. The van der Waals surface area contributed by atoms with Gasteiger partial charge in [0.05, 0.1) is 29.5 Å². The smallest absolute Gasteiger partial charge is 0.222 e. The second-order valence-corrected chi connectivity index (χ2v) is 7.82. The number of fused-ring (bicyclic) bond motifs is 2. The predicted molar refractivity (Wildman–Crippen MR) is 113 cm³/mol. The van der Waals surface area contributed by atoms with E-state index < -0.39 is 0 Å². The number of aryl methyl sites for hydroxylation is 1. The first-order chi connectivity index (χ1) is 14.0. The van der Waals surface area contributed by atoms with Crippen LogP contribution in [0.15, 0.2) is 24.7 Å². The first-order valence-corrected chi connectivity index (χ1v) is 9.95. The summed E-state index contributed by atoms with van der Waals surface area (Å²) < 4.78 is 5.50. The molecule has 0 aliphatic heterocycles. The highest BCUT2D eigenvalue weighted by atomic mass is 32.1. The van der Waals surface area contributed by atoms with Crippen molar-refractivity contribution >= 4 is 50.0 Å². The van der Waals surface area contributed by atoms with E-state index in [9.17, 15) is 4.79 Å². The minimum Gasteiger partial charge on any atom is -0.494 e. The SMILES string of the molecule is COc1cc2[nH]ncc2cc1Nc1ncnc2sc(CCCC(=O)N(C)C)nc12. The molecule has 10 heteroatoms. The molecule has 0 atom stereocenters. The van der Waals surface area contributed by atoms with Crippen molar-refractivity contribution in [2.45, 2.75) is 19.3 Å². The monoisotopic (exact) mass is 411 g/mol. The van der Waals surface area contributed by atoms with Gasteiger partial charge >= 0.3 is 0 Å². The molecule has 0 unspecified atom stereocenters. The van der Waals surface area contributed by atoms with E-state index in [2.05, 4.69) is 25.5 Å². The molecule has 0 radical (unpaired) electrons. The Morgan fingerprint density at radius 2 is 2.17 bits per heavy atom. The molecule has 4 rings (SSSR count). The van der Waals surface area contributed by atoms with E-state index in [-0.39, 0.29) is 5.91 Å². The van der Waals surface area contributed by atoms with Gasteiger partial charge in [-0.25, -0.2) is 15.0 Å². The number of ether oxygens (including phenoxy) is 1. The van der Waals surface area contributed by atoms with Gasteiger partial charge in [-0.3, -0.25) is 9.89 Å². The molecule has 150 valence electrons. The van der Waals surface area contributed by atoms with Crippen LogP contribution in [-0.4, -0.2) is 57.2 Å². The molecule has 3 heterocycles. The minimum absolute atomic E-state index is 0.120. The molecule has 3 aromatic heterocycles. The van der Waals surface area contributed by atoms with Crippen LogP contribution in [0.2, 0.25) is 0 Å². The summed E-state index contributed by atoms with van der Waals surface area (Å²) in [4.78, 5) is 27.6. The van der Waals surface area contributed by atoms with Gasteiger partial charge < -0.3 is 15.0 Å². The summed E-state index contributed by atoms with van der Waals surface area (Å²) in [5, 5.41) is 12.2. The number of aromatic nitrogens is 5. The van der Waals surface area contributed by atoms with Crippen LogP contribution < -0.4 is 10.1 Å². The molecular formula is C19H21N7O2S. The fraction of sp³-hybridized carbons (Fsp3) is 0.316. The Hall–Kier alpha value is -3.27. The van der Waals surface area contributed by atoms with Crippen LogP contribution in [0.4, 0.5) is 11.5 Å². The van der Waals surface area contributed by atoms with Gasteiger partial charge in [-0.1, -0.05) is 11.3 Å². The number of thiazole rings is 1. The zero-order valence-corrected chi connectivity index (χ0v) is 17.2. The van der Waals surface area contributed by atoms with E-state index >= 15 is 0 Å². The van der Waals surface area contributed by atoms with Crippen LogP contribution in [0.3, 0.4) is 0 Å². The topological polar surface area (TPSA) is 109 Å². The lowest BCUT2D eigenvalue weighted by atomic mass is 10.2. The fourth-order valence-corrected chi connectivity index (χ4v) is 3.92. The van der Waals surface area contributed by atoms with Crippen LogP contribution in [0, 0.1) is 0 Å². The number of anilines is 2. The lowest BCUT2D eigenvalue weighted by molar-refractivity contribution is -0.128. The second kappa shape index (κ2) is 8.00.